The number of hydrogen-bond donors (Lipinski definition) is 0. The Morgan fingerprint density at radius 3 is 2.40 bits per heavy atom. The van der Waals surface area contributed by atoms with Crippen molar-refractivity contribution in [3.8, 4) is 0 Å². The van der Waals surface area contributed by atoms with Crippen molar-refractivity contribution in [2.45, 2.75) is 39.0 Å². The smallest absolute Gasteiger partial charge is 0.170 e. The van der Waals surface area contributed by atoms with Gasteiger partial charge in [-0.25, -0.2) is 0 Å². The van der Waals surface area contributed by atoms with Crippen LogP contribution >= 0.6 is 0 Å². The number of aryl methyl sites for hydroxylation is 3. The summed E-state index contributed by atoms with van der Waals surface area (Å²) in [5.74, 6) is 0.320. The fourth-order valence-electron chi connectivity index (χ4n) is 3.10. The zero-order chi connectivity index (χ0) is 14.1. The first kappa shape index (κ1) is 13.1. The third-order valence-corrected chi connectivity index (χ3v) is 4.26. The molecular formula is C19H20O. The summed E-state index contributed by atoms with van der Waals surface area (Å²) in [4.78, 5) is 12.8. The lowest BCUT2D eigenvalue weighted by molar-refractivity contribution is 0.0957. The molecular weight excluding hydrogens is 244 g/mol. The summed E-state index contributed by atoms with van der Waals surface area (Å²) >= 11 is 0. The van der Waals surface area contributed by atoms with Gasteiger partial charge in [-0.2, -0.15) is 0 Å². The molecule has 0 saturated carbocycles. The molecule has 102 valence electrons. The van der Waals surface area contributed by atoms with E-state index in [4.69, 9.17) is 0 Å². The molecule has 0 fully saturated rings. The first-order chi connectivity index (χ1) is 9.65. The lowest BCUT2D eigenvalue weighted by atomic mass is 9.88. The second-order valence-electron chi connectivity index (χ2n) is 5.88. The number of hydrogen-bond acceptors (Lipinski definition) is 1. The molecule has 1 aliphatic rings. The summed E-state index contributed by atoms with van der Waals surface area (Å²) < 4.78 is 0. The Morgan fingerprint density at radius 2 is 1.65 bits per heavy atom. The number of Topliss-reactive ketones (excluding diaryl/α,β-unsaturated/α-hetero) is 1. The summed E-state index contributed by atoms with van der Waals surface area (Å²) in [6.07, 6.45) is 3.06. The van der Waals surface area contributed by atoms with Crippen LogP contribution in [0.25, 0.3) is 0 Å². The van der Waals surface area contributed by atoms with Crippen LogP contribution in [0.4, 0.5) is 0 Å². The predicted molar refractivity (Wildman–Crippen MR) is 82.4 cm³/mol. The fraction of sp³-hybridized carbons (Fsp3) is 0.316. The number of ketones is 1. The number of benzene rings is 2. The monoisotopic (exact) mass is 264 g/mol. The van der Waals surface area contributed by atoms with Gasteiger partial charge in [-0.1, -0.05) is 53.6 Å². The Morgan fingerprint density at radius 1 is 0.950 bits per heavy atom. The summed E-state index contributed by atoms with van der Waals surface area (Å²) in [5.41, 5.74) is 5.80. The zero-order valence-electron chi connectivity index (χ0n) is 12.1. The van der Waals surface area contributed by atoms with Crippen LogP contribution in [0.15, 0.2) is 42.5 Å². The maximum atomic E-state index is 12.8. The van der Waals surface area contributed by atoms with Crippen LogP contribution in [-0.2, 0) is 6.42 Å². The van der Waals surface area contributed by atoms with E-state index in [1.807, 2.05) is 12.1 Å². The molecule has 1 aliphatic carbocycles. The Kier molecular flexibility index (Phi) is 3.43. The van der Waals surface area contributed by atoms with Crippen molar-refractivity contribution in [2.24, 2.45) is 0 Å². The van der Waals surface area contributed by atoms with Crippen LogP contribution in [0.3, 0.4) is 0 Å². The molecule has 0 aliphatic heterocycles. The predicted octanol–water partition coefficient (Wildman–Crippen LogP) is 4.61. The van der Waals surface area contributed by atoms with Gasteiger partial charge in [0, 0.05) is 11.5 Å². The highest BCUT2D eigenvalue weighted by atomic mass is 16.1. The first-order valence-electron chi connectivity index (χ1n) is 7.35. The number of rotatable bonds is 1. The van der Waals surface area contributed by atoms with Crippen molar-refractivity contribution < 1.29 is 4.79 Å². The lowest BCUT2D eigenvalue weighted by Gasteiger charge is -2.14. The van der Waals surface area contributed by atoms with Crippen molar-refractivity contribution in [1.29, 1.82) is 0 Å². The number of carbonyl (C=O) groups is 1. The van der Waals surface area contributed by atoms with Crippen LogP contribution in [-0.4, -0.2) is 5.78 Å². The Bertz CT molecular complexity index is 637. The minimum absolute atomic E-state index is 0.0274. The molecule has 1 atom stereocenters. The SMILES string of the molecule is Cc1ccc(C2CCCc3cc(C)ccc3C2=O)cc1. The molecule has 0 saturated heterocycles. The molecule has 0 amide bonds. The molecule has 0 spiro atoms. The molecule has 0 aromatic heterocycles. The Balaban J connectivity index is 2.00. The zero-order valence-corrected chi connectivity index (χ0v) is 12.1. The molecule has 0 radical (unpaired) electrons. The van der Waals surface area contributed by atoms with Gasteiger partial charge in [-0.05, 0) is 44.2 Å². The Hall–Kier alpha value is -1.89. The molecule has 0 heterocycles. The number of carbonyl (C=O) groups excluding carboxylic acids is 1. The van der Waals surface area contributed by atoms with E-state index in [1.165, 1.54) is 16.7 Å². The average Bonchev–Trinajstić information content (AvgIpc) is 2.59. The quantitative estimate of drug-likeness (QED) is 0.688. The average molecular weight is 264 g/mol. The molecule has 0 N–H and O–H groups in total. The van der Waals surface area contributed by atoms with Crippen LogP contribution in [0.1, 0.15) is 51.4 Å². The molecule has 1 unspecified atom stereocenters. The minimum atomic E-state index is 0.0274. The van der Waals surface area contributed by atoms with E-state index >= 15 is 0 Å². The first-order valence-corrected chi connectivity index (χ1v) is 7.35. The van der Waals surface area contributed by atoms with Crippen molar-refractivity contribution >= 4 is 5.78 Å². The third-order valence-electron chi connectivity index (χ3n) is 4.26. The van der Waals surface area contributed by atoms with Crippen LogP contribution in [0, 0.1) is 13.8 Å². The van der Waals surface area contributed by atoms with Gasteiger partial charge in [0.15, 0.2) is 5.78 Å². The van der Waals surface area contributed by atoms with Gasteiger partial charge in [0.05, 0.1) is 0 Å². The summed E-state index contributed by atoms with van der Waals surface area (Å²) in [6, 6.07) is 14.7. The highest BCUT2D eigenvalue weighted by Gasteiger charge is 2.26. The van der Waals surface area contributed by atoms with Gasteiger partial charge in [-0.3, -0.25) is 4.79 Å². The second kappa shape index (κ2) is 5.24. The van der Waals surface area contributed by atoms with Crippen molar-refractivity contribution in [3.63, 3.8) is 0 Å². The van der Waals surface area contributed by atoms with E-state index in [9.17, 15) is 4.79 Å². The normalized spacial score (nSPS) is 18.5. The van der Waals surface area contributed by atoms with E-state index in [0.717, 1.165) is 30.4 Å². The van der Waals surface area contributed by atoms with Crippen LogP contribution < -0.4 is 0 Å². The van der Waals surface area contributed by atoms with Gasteiger partial charge < -0.3 is 0 Å². The molecule has 1 heteroatoms. The van der Waals surface area contributed by atoms with Gasteiger partial charge in [0.25, 0.3) is 0 Å². The van der Waals surface area contributed by atoms with Crippen molar-refractivity contribution in [3.05, 3.63) is 70.3 Å². The molecule has 2 aromatic rings. The summed E-state index contributed by atoms with van der Waals surface area (Å²) in [6.45, 7) is 4.17. The molecule has 0 bridgehead atoms. The molecule has 2 aromatic carbocycles. The van der Waals surface area contributed by atoms with E-state index < -0.39 is 0 Å². The van der Waals surface area contributed by atoms with E-state index in [-0.39, 0.29) is 5.92 Å². The maximum absolute atomic E-state index is 12.8. The molecule has 3 rings (SSSR count). The van der Waals surface area contributed by atoms with Gasteiger partial charge in [0.2, 0.25) is 0 Å². The minimum Gasteiger partial charge on any atom is -0.293 e. The lowest BCUT2D eigenvalue weighted by Crippen LogP contribution is -2.12. The second-order valence-corrected chi connectivity index (χ2v) is 5.88. The van der Waals surface area contributed by atoms with Crippen molar-refractivity contribution in [1.82, 2.24) is 0 Å². The highest BCUT2D eigenvalue weighted by molar-refractivity contribution is 6.02. The Labute approximate surface area is 120 Å². The van der Waals surface area contributed by atoms with Crippen LogP contribution in [0.2, 0.25) is 0 Å². The van der Waals surface area contributed by atoms with Crippen LogP contribution in [0.5, 0.6) is 0 Å². The van der Waals surface area contributed by atoms with E-state index in [1.54, 1.807) is 0 Å². The van der Waals surface area contributed by atoms with Gasteiger partial charge in [-0.15, -0.1) is 0 Å². The topological polar surface area (TPSA) is 17.1 Å². The largest absolute Gasteiger partial charge is 0.293 e. The highest BCUT2D eigenvalue weighted by Crippen LogP contribution is 2.32. The standard InChI is InChI=1S/C19H20O/c1-13-6-9-15(10-7-13)17-5-3-4-16-12-14(2)8-11-18(16)19(17)20/h6-12,17H,3-5H2,1-2H3. The van der Waals surface area contributed by atoms with Crippen molar-refractivity contribution in [2.75, 3.05) is 0 Å². The van der Waals surface area contributed by atoms with E-state index in [2.05, 4.69) is 44.2 Å². The fourth-order valence-corrected chi connectivity index (χ4v) is 3.10. The molecule has 1 nitrogen and oxygen atoms in total. The maximum Gasteiger partial charge on any atom is 0.170 e. The van der Waals surface area contributed by atoms with Gasteiger partial charge in [0.1, 0.15) is 0 Å². The summed E-state index contributed by atoms with van der Waals surface area (Å²) in [7, 11) is 0. The molecule has 20 heavy (non-hydrogen) atoms. The summed E-state index contributed by atoms with van der Waals surface area (Å²) in [5, 5.41) is 0. The van der Waals surface area contributed by atoms with E-state index in [0.29, 0.717) is 5.78 Å². The van der Waals surface area contributed by atoms with Gasteiger partial charge >= 0.3 is 0 Å². The third kappa shape index (κ3) is 2.40. The number of fused-ring (bicyclic) bond motifs is 1.